The fraction of sp³-hybridized carbons (Fsp3) is 0.650. The average molecular weight is 444 g/mol. The number of nitrogens with zero attached hydrogens (tertiary/aromatic N) is 3. The van der Waals surface area contributed by atoms with Crippen molar-refractivity contribution < 1.29 is 20.1 Å². The molecule has 1 aliphatic carbocycles. The lowest BCUT2D eigenvalue weighted by molar-refractivity contribution is -0.127. The smallest absolute Gasteiger partial charge is 0.222 e. The Balaban J connectivity index is 0.000000565. The number of fused-ring (bicyclic) bond motifs is 1. The number of carbonyl (C=O) groups is 1. The Morgan fingerprint density at radius 2 is 1.97 bits per heavy atom. The first-order valence-corrected chi connectivity index (χ1v) is 10.6. The molecule has 0 aliphatic heterocycles. The highest BCUT2D eigenvalue weighted by atomic mass is 35.5. The molecule has 0 radical (unpaired) electrons. The fourth-order valence-electron chi connectivity index (χ4n) is 3.22. The molecule has 1 saturated carbocycles. The molecule has 0 spiro atoms. The SMILES string of the molecule is CC.CC(C)(O)O.CNC(=O)[C@@H]1CCC(n2cnc3c(NCCO)cc(Cl)nc32)C1. The van der Waals surface area contributed by atoms with E-state index in [1.165, 1.54) is 13.8 Å². The molecule has 170 valence electrons. The second-order valence-corrected chi connectivity index (χ2v) is 7.63. The van der Waals surface area contributed by atoms with Crippen LogP contribution < -0.4 is 10.6 Å². The first-order valence-electron chi connectivity index (χ1n) is 10.2. The van der Waals surface area contributed by atoms with Gasteiger partial charge in [0.2, 0.25) is 5.91 Å². The summed E-state index contributed by atoms with van der Waals surface area (Å²) < 4.78 is 2.01. The number of aromatic nitrogens is 3. The fourth-order valence-corrected chi connectivity index (χ4v) is 3.41. The Morgan fingerprint density at radius 3 is 2.53 bits per heavy atom. The van der Waals surface area contributed by atoms with Crippen LogP contribution in [0.5, 0.6) is 0 Å². The summed E-state index contributed by atoms with van der Waals surface area (Å²) in [5.41, 5.74) is 2.19. The van der Waals surface area contributed by atoms with Gasteiger partial charge >= 0.3 is 0 Å². The molecule has 5 N–H and O–H groups in total. The zero-order valence-corrected chi connectivity index (χ0v) is 19.1. The van der Waals surface area contributed by atoms with E-state index in [1.54, 1.807) is 19.4 Å². The van der Waals surface area contributed by atoms with Crippen LogP contribution in [-0.4, -0.2) is 61.7 Å². The molecule has 30 heavy (non-hydrogen) atoms. The highest BCUT2D eigenvalue weighted by Gasteiger charge is 2.31. The molecule has 3 rings (SSSR count). The van der Waals surface area contributed by atoms with Crippen LogP contribution in [0.4, 0.5) is 5.69 Å². The van der Waals surface area contributed by atoms with Gasteiger partial charge in [-0.25, -0.2) is 9.97 Å². The number of anilines is 1. The number of amides is 1. The van der Waals surface area contributed by atoms with E-state index >= 15 is 0 Å². The van der Waals surface area contributed by atoms with E-state index in [0.29, 0.717) is 17.3 Å². The van der Waals surface area contributed by atoms with Gasteiger partial charge in [0.05, 0.1) is 18.6 Å². The van der Waals surface area contributed by atoms with Crippen LogP contribution in [0.3, 0.4) is 0 Å². The summed E-state index contributed by atoms with van der Waals surface area (Å²) >= 11 is 6.12. The average Bonchev–Trinajstić information content (AvgIpc) is 3.32. The van der Waals surface area contributed by atoms with Crippen LogP contribution in [0, 0.1) is 5.92 Å². The summed E-state index contributed by atoms with van der Waals surface area (Å²) in [6.07, 6.45) is 4.31. The molecule has 2 aromatic rings. The molecule has 1 fully saturated rings. The summed E-state index contributed by atoms with van der Waals surface area (Å²) in [5, 5.41) is 31.3. The Labute approximate surface area is 182 Å². The van der Waals surface area contributed by atoms with Gasteiger partial charge in [-0.1, -0.05) is 25.4 Å². The topological polar surface area (TPSA) is 133 Å². The largest absolute Gasteiger partial charge is 0.395 e. The number of nitrogens with one attached hydrogen (secondary N) is 2. The highest BCUT2D eigenvalue weighted by Crippen LogP contribution is 2.37. The third-order valence-electron chi connectivity index (χ3n) is 4.34. The predicted octanol–water partition coefficient (Wildman–Crippen LogP) is 2.31. The number of aliphatic hydroxyl groups excluding tert-OH is 1. The van der Waals surface area contributed by atoms with Gasteiger partial charge in [0, 0.05) is 31.6 Å². The number of halogens is 1. The third kappa shape index (κ3) is 7.71. The lowest BCUT2D eigenvalue weighted by Gasteiger charge is -2.13. The van der Waals surface area contributed by atoms with Gasteiger partial charge in [-0.3, -0.25) is 4.79 Å². The number of aliphatic hydroxyl groups is 3. The van der Waals surface area contributed by atoms with Gasteiger partial charge in [0.1, 0.15) is 10.7 Å². The number of rotatable bonds is 5. The molecular weight excluding hydrogens is 410 g/mol. The van der Waals surface area contributed by atoms with Gasteiger partial charge in [0.15, 0.2) is 11.4 Å². The van der Waals surface area contributed by atoms with Crippen molar-refractivity contribution >= 4 is 34.4 Å². The first-order chi connectivity index (χ1) is 14.1. The highest BCUT2D eigenvalue weighted by molar-refractivity contribution is 6.30. The maximum atomic E-state index is 11.8. The molecule has 1 amide bonds. The van der Waals surface area contributed by atoms with E-state index in [2.05, 4.69) is 20.6 Å². The normalized spacial score (nSPS) is 18.2. The molecule has 0 bridgehead atoms. The summed E-state index contributed by atoms with van der Waals surface area (Å²) in [4.78, 5) is 20.7. The van der Waals surface area contributed by atoms with Crippen LogP contribution in [0.1, 0.15) is 53.0 Å². The monoisotopic (exact) mass is 443 g/mol. The number of carbonyl (C=O) groups excluding carboxylic acids is 1. The van der Waals surface area contributed by atoms with E-state index in [9.17, 15) is 4.79 Å². The minimum Gasteiger partial charge on any atom is -0.395 e. The van der Waals surface area contributed by atoms with Crippen molar-refractivity contribution in [3.8, 4) is 0 Å². The molecule has 1 aliphatic rings. The number of hydrogen-bond acceptors (Lipinski definition) is 7. The van der Waals surface area contributed by atoms with Crippen molar-refractivity contribution in [3.63, 3.8) is 0 Å². The molecule has 0 saturated heterocycles. The van der Waals surface area contributed by atoms with Gasteiger partial charge in [-0.15, -0.1) is 0 Å². The van der Waals surface area contributed by atoms with E-state index in [4.69, 9.17) is 26.9 Å². The second kappa shape index (κ2) is 12.0. The van der Waals surface area contributed by atoms with Crippen molar-refractivity contribution in [2.75, 3.05) is 25.5 Å². The van der Waals surface area contributed by atoms with E-state index in [0.717, 1.165) is 30.5 Å². The Hall–Kier alpha value is -1.94. The maximum Gasteiger partial charge on any atom is 0.222 e. The summed E-state index contributed by atoms with van der Waals surface area (Å²) in [6.45, 7) is 7.04. The second-order valence-electron chi connectivity index (χ2n) is 7.24. The van der Waals surface area contributed by atoms with E-state index in [-0.39, 0.29) is 24.5 Å². The first kappa shape index (κ1) is 26.1. The van der Waals surface area contributed by atoms with Crippen LogP contribution in [0.15, 0.2) is 12.4 Å². The molecule has 2 heterocycles. The minimum atomic E-state index is -1.50. The van der Waals surface area contributed by atoms with Gasteiger partial charge in [-0.05, 0) is 33.1 Å². The van der Waals surface area contributed by atoms with Crippen LogP contribution >= 0.6 is 11.6 Å². The third-order valence-corrected chi connectivity index (χ3v) is 4.54. The van der Waals surface area contributed by atoms with Gasteiger partial charge in [-0.2, -0.15) is 0 Å². The molecule has 0 aromatic carbocycles. The molecule has 2 aromatic heterocycles. The molecule has 9 nitrogen and oxygen atoms in total. The van der Waals surface area contributed by atoms with Crippen LogP contribution in [0.2, 0.25) is 5.15 Å². The van der Waals surface area contributed by atoms with Crippen molar-refractivity contribution in [2.45, 2.75) is 58.8 Å². The Morgan fingerprint density at radius 1 is 1.33 bits per heavy atom. The zero-order valence-electron chi connectivity index (χ0n) is 18.3. The van der Waals surface area contributed by atoms with E-state index in [1.807, 2.05) is 18.4 Å². The van der Waals surface area contributed by atoms with Gasteiger partial charge < -0.3 is 30.5 Å². The van der Waals surface area contributed by atoms with Crippen molar-refractivity contribution in [1.82, 2.24) is 19.9 Å². The Kier molecular flexibility index (Phi) is 10.5. The number of imidazole rings is 1. The van der Waals surface area contributed by atoms with Gasteiger partial charge in [0.25, 0.3) is 0 Å². The minimum absolute atomic E-state index is 0.0264. The number of hydrogen-bond donors (Lipinski definition) is 5. The van der Waals surface area contributed by atoms with Crippen molar-refractivity contribution in [3.05, 3.63) is 17.5 Å². The summed E-state index contributed by atoms with van der Waals surface area (Å²) in [5.74, 6) is -1.37. The van der Waals surface area contributed by atoms with Crippen LogP contribution in [0.25, 0.3) is 11.2 Å². The molecular formula is C20H34ClN5O4. The predicted molar refractivity (Wildman–Crippen MR) is 118 cm³/mol. The lowest BCUT2D eigenvalue weighted by atomic mass is 10.1. The lowest BCUT2D eigenvalue weighted by Crippen LogP contribution is -2.25. The summed E-state index contributed by atoms with van der Waals surface area (Å²) in [7, 11) is 1.67. The summed E-state index contributed by atoms with van der Waals surface area (Å²) in [6, 6.07) is 1.90. The van der Waals surface area contributed by atoms with Crippen LogP contribution in [-0.2, 0) is 4.79 Å². The number of pyridine rings is 1. The molecule has 1 unspecified atom stereocenters. The standard InChI is InChI=1S/C15H20ClN5O2.C3H8O2.C2H6/c1-17-15(23)9-2-3-10(6-9)21-8-19-13-11(18-4-5-22)7-12(16)20-14(13)21;1-3(2,4)5;1-2/h7-10,22H,2-6H2,1H3,(H,17,23)(H,18,20);4-5H,1-2H3;1-2H3/t9-,10?;;/m1../s1. The molecule has 10 heteroatoms. The maximum absolute atomic E-state index is 11.8. The Bertz CT molecular complexity index is 800. The van der Waals surface area contributed by atoms with Crippen molar-refractivity contribution in [2.24, 2.45) is 5.92 Å². The molecule has 2 atom stereocenters. The van der Waals surface area contributed by atoms with Crippen molar-refractivity contribution in [1.29, 1.82) is 0 Å². The zero-order chi connectivity index (χ0) is 22.9. The quantitative estimate of drug-likeness (QED) is 0.353. The van der Waals surface area contributed by atoms with E-state index < -0.39 is 5.79 Å².